The van der Waals surface area contributed by atoms with Crippen molar-refractivity contribution in [1.29, 1.82) is 0 Å². The van der Waals surface area contributed by atoms with E-state index in [-0.39, 0.29) is 12.5 Å². The molecule has 0 unspecified atom stereocenters. The number of aliphatic hydroxyl groups excluding tert-OH is 1. The van der Waals surface area contributed by atoms with E-state index in [4.69, 9.17) is 14.6 Å². The summed E-state index contributed by atoms with van der Waals surface area (Å²) in [4.78, 5) is 12.4. The molecule has 128 valence electrons. The average Bonchev–Trinajstić information content (AvgIpc) is 2.62. The van der Waals surface area contributed by atoms with Crippen molar-refractivity contribution in [3.8, 4) is 11.5 Å². The predicted molar refractivity (Wildman–Crippen MR) is 93.7 cm³/mol. The molecule has 0 radical (unpaired) electrons. The first-order chi connectivity index (χ1) is 11.7. The fourth-order valence-electron chi connectivity index (χ4n) is 2.21. The van der Waals surface area contributed by atoms with Gasteiger partial charge in [0, 0.05) is 11.3 Å². The Morgan fingerprint density at radius 3 is 2.71 bits per heavy atom. The molecule has 2 aromatic rings. The van der Waals surface area contributed by atoms with Crippen LogP contribution in [-0.4, -0.2) is 24.7 Å². The summed E-state index contributed by atoms with van der Waals surface area (Å²) in [5.74, 6) is 0.913. The van der Waals surface area contributed by atoms with Crippen molar-refractivity contribution in [2.45, 2.75) is 26.4 Å². The Balaban J connectivity index is 2.11. The van der Waals surface area contributed by atoms with Crippen molar-refractivity contribution in [3.63, 3.8) is 0 Å². The maximum absolute atomic E-state index is 12.4. The second-order valence-electron chi connectivity index (χ2n) is 5.38. The number of methoxy groups -OCH3 is 1. The number of carbonyl (C=O) groups is 1. The van der Waals surface area contributed by atoms with E-state index in [9.17, 15) is 4.79 Å². The van der Waals surface area contributed by atoms with Gasteiger partial charge in [0.1, 0.15) is 0 Å². The van der Waals surface area contributed by atoms with Gasteiger partial charge >= 0.3 is 0 Å². The molecule has 0 fully saturated rings. The van der Waals surface area contributed by atoms with Gasteiger partial charge in [0.25, 0.3) is 5.91 Å². The molecule has 0 aliphatic rings. The summed E-state index contributed by atoms with van der Waals surface area (Å²) in [5.41, 5.74) is 1.85. The Bertz CT molecular complexity index is 685. The predicted octanol–water partition coefficient (Wildman–Crippen LogP) is 3.62. The van der Waals surface area contributed by atoms with Crippen LogP contribution in [0.1, 0.15) is 35.7 Å². The molecular weight excluding hydrogens is 306 g/mol. The van der Waals surface area contributed by atoms with E-state index in [0.717, 1.165) is 18.4 Å². The van der Waals surface area contributed by atoms with E-state index >= 15 is 0 Å². The van der Waals surface area contributed by atoms with Crippen molar-refractivity contribution in [2.24, 2.45) is 0 Å². The van der Waals surface area contributed by atoms with Crippen molar-refractivity contribution in [3.05, 3.63) is 53.6 Å². The number of amides is 1. The third-order valence-electron chi connectivity index (χ3n) is 3.55. The Morgan fingerprint density at radius 2 is 2.00 bits per heavy atom. The third kappa shape index (κ3) is 4.73. The van der Waals surface area contributed by atoms with E-state index < -0.39 is 0 Å². The van der Waals surface area contributed by atoms with Crippen molar-refractivity contribution in [2.75, 3.05) is 19.0 Å². The number of unbranched alkanes of at least 4 members (excludes halogenated alkanes) is 1. The summed E-state index contributed by atoms with van der Waals surface area (Å²) in [5, 5.41) is 12.0. The minimum atomic E-state index is -0.247. The number of ether oxygens (including phenoxy) is 2. The number of rotatable bonds is 8. The van der Waals surface area contributed by atoms with E-state index in [0.29, 0.717) is 29.4 Å². The lowest BCUT2D eigenvalue weighted by Gasteiger charge is -2.12. The zero-order valence-electron chi connectivity index (χ0n) is 14.0. The molecule has 24 heavy (non-hydrogen) atoms. The van der Waals surface area contributed by atoms with Crippen LogP contribution in [0.25, 0.3) is 0 Å². The molecule has 2 N–H and O–H groups in total. The molecule has 0 saturated heterocycles. The first-order valence-electron chi connectivity index (χ1n) is 8.00. The van der Waals surface area contributed by atoms with E-state index in [1.54, 1.807) is 49.6 Å². The second-order valence-corrected chi connectivity index (χ2v) is 5.38. The number of benzene rings is 2. The van der Waals surface area contributed by atoms with E-state index in [1.807, 2.05) is 0 Å². The third-order valence-corrected chi connectivity index (χ3v) is 3.55. The molecule has 0 heterocycles. The fraction of sp³-hybridized carbons (Fsp3) is 0.316. The van der Waals surface area contributed by atoms with E-state index in [1.165, 1.54) is 0 Å². The van der Waals surface area contributed by atoms with Crippen LogP contribution >= 0.6 is 0 Å². The van der Waals surface area contributed by atoms with Crippen LogP contribution in [0, 0.1) is 0 Å². The lowest BCUT2D eigenvalue weighted by atomic mass is 10.1. The molecule has 0 aliphatic carbocycles. The summed E-state index contributed by atoms with van der Waals surface area (Å²) in [6.07, 6.45) is 2.02. The molecular formula is C19H23NO4. The minimum Gasteiger partial charge on any atom is -0.493 e. The second kappa shape index (κ2) is 8.93. The van der Waals surface area contributed by atoms with Crippen LogP contribution in [0.2, 0.25) is 0 Å². The van der Waals surface area contributed by atoms with Crippen LogP contribution in [-0.2, 0) is 6.61 Å². The quantitative estimate of drug-likeness (QED) is 0.726. The fourth-order valence-corrected chi connectivity index (χ4v) is 2.21. The summed E-state index contributed by atoms with van der Waals surface area (Å²) in [7, 11) is 1.55. The zero-order chi connectivity index (χ0) is 17.4. The zero-order valence-corrected chi connectivity index (χ0v) is 14.0. The summed E-state index contributed by atoms with van der Waals surface area (Å²) < 4.78 is 11.0. The van der Waals surface area contributed by atoms with Gasteiger partial charge in [-0.05, 0) is 42.3 Å². The minimum absolute atomic E-state index is 0.0681. The van der Waals surface area contributed by atoms with Crippen LogP contribution in [0.3, 0.4) is 0 Å². The number of aliphatic hydroxyl groups is 1. The van der Waals surface area contributed by atoms with Gasteiger partial charge < -0.3 is 19.9 Å². The van der Waals surface area contributed by atoms with Gasteiger partial charge in [-0.2, -0.15) is 0 Å². The molecule has 0 aliphatic heterocycles. The number of anilines is 1. The van der Waals surface area contributed by atoms with Crippen molar-refractivity contribution >= 4 is 11.6 Å². The van der Waals surface area contributed by atoms with Gasteiger partial charge in [-0.15, -0.1) is 0 Å². The maximum Gasteiger partial charge on any atom is 0.255 e. The van der Waals surface area contributed by atoms with Gasteiger partial charge in [0.2, 0.25) is 0 Å². The normalized spacial score (nSPS) is 10.3. The average molecular weight is 329 g/mol. The highest BCUT2D eigenvalue weighted by Crippen LogP contribution is 2.28. The van der Waals surface area contributed by atoms with Crippen LogP contribution < -0.4 is 14.8 Å². The Labute approximate surface area is 142 Å². The molecule has 0 spiro atoms. The number of nitrogens with one attached hydrogen (secondary N) is 1. The highest BCUT2D eigenvalue weighted by atomic mass is 16.5. The van der Waals surface area contributed by atoms with E-state index in [2.05, 4.69) is 12.2 Å². The monoisotopic (exact) mass is 329 g/mol. The van der Waals surface area contributed by atoms with Gasteiger partial charge in [-0.1, -0.05) is 25.5 Å². The Morgan fingerprint density at radius 1 is 1.17 bits per heavy atom. The molecule has 0 atom stereocenters. The molecule has 2 rings (SSSR count). The van der Waals surface area contributed by atoms with Gasteiger partial charge in [-0.25, -0.2) is 0 Å². The highest BCUT2D eigenvalue weighted by Gasteiger charge is 2.11. The highest BCUT2D eigenvalue weighted by molar-refractivity contribution is 6.04. The van der Waals surface area contributed by atoms with Gasteiger partial charge in [0.15, 0.2) is 11.5 Å². The SMILES string of the molecule is CCCCOc1ccc(C(=O)Nc2cccc(CO)c2)cc1OC. The summed E-state index contributed by atoms with van der Waals surface area (Å²) in [6.45, 7) is 2.65. The van der Waals surface area contributed by atoms with Crippen molar-refractivity contribution < 1.29 is 19.4 Å². The molecule has 5 heteroatoms. The smallest absolute Gasteiger partial charge is 0.255 e. The molecule has 5 nitrogen and oxygen atoms in total. The Kier molecular flexibility index (Phi) is 6.63. The molecule has 0 aromatic heterocycles. The molecule has 0 bridgehead atoms. The standard InChI is InChI=1S/C19H23NO4/c1-3-4-10-24-17-9-8-15(12-18(17)23-2)19(22)20-16-7-5-6-14(11-16)13-21/h5-9,11-12,21H,3-4,10,13H2,1-2H3,(H,20,22). The topological polar surface area (TPSA) is 67.8 Å². The summed E-state index contributed by atoms with van der Waals surface area (Å²) >= 11 is 0. The number of hydrogen-bond donors (Lipinski definition) is 2. The first-order valence-corrected chi connectivity index (χ1v) is 8.00. The van der Waals surface area contributed by atoms with Crippen LogP contribution in [0.5, 0.6) is 11.5 Å². The summed E-state index contributed by atoms with van der Waals surface area (Å²) in [6, 6.07) is 12.2. The Hall–Kier alpha value is -2.53. The first kappa shape index (κ1) is 17.8. The van der Waals surface area contributed by atoms with Crippen LogP contribution in [0.15, 0.2) is 42.5 Å². The number of carbonyl (C=O) groups excluding carboxylic acids is 1. The van der Waals surface area contributed by atoms with Gasteiger partial charge in [0.05, 0.1) is 20.3 Å². The number of hydrogen-bond acceptors (Lipinski definition) is 4. The molecule has 0 saturated carbocycles. The molecule has 1 amide bonds. The lowest BCUT2D eigenvalue weighted by molar-refractivity contribution is 0.102. The lowest BCUT2D eigenvalue weighted by Crippen LogP contribution is -2.12. The molecule has 2 aromatic carbocycles. The largest absolute Gasteiger partial charge is 0.493 e. The van der Waals surface area contributed by atoms with Crippen molar-refractivity contribution in [1.82, 2.24) is 0 Å². The van der Waals surface area contributed by atoms with Crippen LogP contribution in [0.4, 0.5) is 5.69 Å². The maximum atomic E-state index is 12.4. The van der Waals surface area contributed by atoms with Gasteiger partial charge in [-0.3, -0.25) is 4.79 Å².